The van der Waals surface area contributed by atoms with E-state index in [1.165, 1.54) is 7.11 Å². The van der Waals surface area contributed by atoms with Crippen LogP contribution in [0, 0.1) is 17.8 Å². The minimum Gasteiger partial charge on any atom is -0.469 e. The van der Waals surface area contributed by atoms with Crippen molar-refractivity contribution < 1.29 is 27.4 Å². The van der Waals surface area contributed by atoms with Crippen LogP contribution in [0.4, 0.5) is 13.2 Å². The maximum atomic E-state index is 12.7. The molecule has 0 aromatic rings. The molecule has 1 saturated carbocycles. The normalized spacial score (nSPS) is 37.6. The predicted molar refractivity (Wildman–Crippen MR) is 52.1 cm³/mol. The summed E-state index contributed by atoms with van der Waals surface area (Å²) in [5, 5.41) is 0. The van der Waals surface area contributed by atoms with Crippen LogP contribution in [0.2, 0.25) is 0 Å². The number of methoxy groups -OCH3 is 1. The van der Waals surface area contributed by atoms with Crippen molar-refractivity contribution in [3.63, 3.8) is 0 Å². The van der Waals surface area contributed by atoms with Crippen molar-refractivity contribution in [3.05, 3.63) is 0 Å². The molecule has 1 saturated heterocycles. The third-order valence-electron chi connectivity index (χ3n) is 3.80. The highest BCUT2D eigenvalue weighted by Gasteiger charge is 2.52. The van der Waals surface area contributed by atoms with Gasteiger partial charge in [0.05, 0.1) is 25.0 Å². The maximum absolute atomic E-state index is 12.7. The van der Waals surface area contributed by atoms with Gasteiger partial charge in [-0.25, -0.2) is 0 Å². The second-order valence-electron chi connectivity index (χ2n) is 4.70. The summed E-state index contributed by atoms with van der Waals surface area (Å²) in [6, 6.07) is 0. The lowest BCUT2D eigenvalue weighted by Crippen LogP contribution is -2.42. The molecule has 2 rings (SSSR count). The van der Waals surface area contributed by atoms with E-state index in [1.807, 2.05) is 0 Å². The Bertz CT molecular complexity index is 303. The molecule has 0 N–H and O–H groups in total. The van der Waals surface area contributed by atoms with Gasteiger partial charge in [-0.1, -0.05) is 0 Å². The highest BCUT2D eigenvalue weighted by atomic mass is 19.4. The van der Waals surface area contributed by atoms with Gasteiger partial charge in [-0.05, 0) is 19.3 Å². The Morgan fingerprint density at radius 1 is 1.35 bits per heavy atom. The second-order valence-corrected chi connectivity index (χ2v) is 4.70. The van der Waals surface area contributed by atoms with E-state index in [4.69, 9.17) is 4.74 Å². The predicted octanol–water partition coefficient (Wildman–Crippen LogP) is 2.15. The van der Waals surface area contributed by atoms with E-state index in [1.54, 1.807) is 0 Å². The number of esters is 1. The molecule has 1 aliphatic carbocycles. The van der Waals surface area contributed by atoms with E-state index in [0.29, 0.717) is 13.0 Å². The summed E-state index contributed by atoms with van der Waals surface area (Å²) < 4.78 is 48.1. The first-order valence-corrected chi connectivity index (χ1v) is 5.69. The summed E-state index contributed by atoms with van der Waals surface area (Å²) in [7, 11) is 1.21. The summed E-state index contributed by atoms with van der Waals surface area (Å²) in [6.45, 7) is 0.438. The Morgan fingerprint density at radius 2 is 2.06 bits per heavy atom. The van der Waals surface area contributed by atoms with Crippen LogP contribution in [0.5, 0.6) is 0 Å². The van der Waals surface area contributed by atoms with E-state index in [-0.39, 0.29) is 18.8 Å². The quantitative estimate of drug-likeness (QED) is 0.671. The van der Waals surface area contributed by atoms with Crippen molar-refractivity contribution >= 4 is 5.97 Å². The Morgan fingerprint density at radius 3 is 2.65 bits per heavy atom. The van der Waals surface area contributed by atoms with Crippen LogP contribution in [0.15, 0.2) is 0 Å². The summed E-state index contributed by atoms with van der Waals surface area (Å²) in [5.74, 6) is -2.78. The lowest BCUT2D eigenvalue weighted by atomic mass is 9.72. The molecule has 0 amide bonds. The fourth-order valence-electron chi connectivity index (χ4n) is 2.92. The molecule has 0 aromatic heterocycles. The molecule has 1 aliphatic heterocycles. The highest BCUT2D eigenvalue weighted by molar-refractivity contribution is 5.73. The van der Waals surface area contributed by atoms with Gasteiger partial charge in [-0.2, -0.15) is 13.2 Å². The number of carbonyl (C=O) groups excluding carboxylic acids is 1. The first kappa shape index (κ1) is 12.7. The Hall–Kier alpha value is -0.780. The molecule has 0 spiro atoms. The van der Waals surface area contributed by atoms with Gasteiger partial charge in [0, 0.05) is 12.5 Å². The number of carbonyl (C=O) groups is 1. The minimum atomic E-state index is -4.26. The number of hydrogen-bond acceptors (Lipinski definition) is 3. The van der Waals surface area contributed by atoms with Gasteiger partial charge in [-0.15, -0.1) is 0 Å². The molecule has 1 heterocycles. The molecular formula is C11H15F3O3. The largest absolute Gasteiger partial charge is 0.469 e. The molecule has 98 valence electrons. The maximum Gasteiger partial charge on any atom is 0.391 e. The monoisotopic (exact) mass is 252 g/mol. The number of rotatable bonds is 1. The Labute approximate surface area is 97.3 Å². The van der Waals surface area contributed by atoms with Crippen LogP contribution < -0.4 is 0 Å². The number of alkyl halides is 3. The Kier molecular flexibility index (Phi) is 3.34. The second kappa shape index (κ2) is 4.48. The third-order valence-corrected chi connectivity index (χ3v) is 3.80. The zero-order chi connectivity index (χ0) is 12.6. The lowest BCUT2D eigenvalue weighted by Gasteiger charge is -2.36. The fraction of sp³-hybridized carbons (Fsp3) is 0.909. The number of ether oxygens (including phenoxy) is 2. The molecule has 0 bridgehead atoms. The summed E-state index contributed by atoms with van der Waals surface area (Å²) in [5.41, 5.74) is 0. The SMILES string of the molecule is COC(=O)[C@@H]1C[C@H](C(F)(F)F)C[C@H]2OCC[C@H]21. The van der Waals surface area contributed by atoms with Gasteiger partial charge in [-0.3, -0.25) is 4.79 Å². The zero-order valence-electron chi connectivity index (χ0n) is 9.50. The van der Waals surface area contributed by atoms with Crippen molar-refractivity contribution in [2.24, 2.45) is 17.8 Å². The molecule has 17 heavy (non-hydrogen) atoms. The van der Waals surface area contributed by atoms with E-state index in [2.05, 4.69) is 4.74 Å². The van der Waals surface area contributed by atoms with Crippen LogP contribution in [0.1, 0.15) is 19.3 Å². The average Bonchev–Trinajstić information content (AvgIpc) is 2.73. The molecule has 6 heteroatoms. The van der Waals surface area contributed by atoms with Crippen molar-refractivity contribution in [1.82, 2.24) is 0 Å². The van der Waals surface area contributed by atoms with Crippen LogP contribution >= 0.6 is 0 Å². The molecule has 2 aliphatic rings. The van der Waals surface area contributed by atoms with E-state index in [0.717, 1.165) is 0 Å². The summed E-state index contributed by atoms with van der Waals surface area (Å²) in [6.07, 6.45) is -4.25. The van der Waals surface area contributed by atoms with Crippen molar-refractivity contribution in [1.29, 1.82) is 0 Å². The molecule has 2 fully saturated rings. The molecular weight excluding hydrogens is 237 g/mol. The molecule has 3 nitrogen and oxygen atoms in total. The van der Waals surface area contributed by atoms with Crippen LogP contribution in [0.25, 0.3) is 0 Å². The van der Waals surface area contributed by atoms with Gasteiger partial charge >= 0.3 is 12.1 Å². The lowest BCUT2D eigenvalue weighted by molar-refractivity contribution is -0.201. The van der Waals surface area contributed by atoms with E-state index >= 15 is 0 Å². The standard InChI is InChI=1S/C11H15F3O3/c1-16-10(15)8-4-6(11(12,13)14)5-9-7(8)2-3-17-9/h6-9H,2-5H2,1H3/t6-,7-,8+,9+/m0/s1. The van der Waals surface area contributed by atoms with Crippen LogP contribution in [-0.4, -0.2) is 32.0 Å². The molecule has 0 unspecified atom stereocenters. The van der Waals surface area contributed by atoms with E-state index in [9.17, 15) is 18.0 Å². The fourth-order valence-corrected chi connectivity index (χ4v) is 2.92. The molecule has 4 atom stereocenters. The first-order chi connectivity index (χ1) is 7.93. The average molecular weight is 252 g/mol. The first-order valence-electron chi connectivity index (χ1n) is 5.69. The molecule has 0 radical (unpaired) electrons. The highest BCUT2D eigenvalue weighted by Crippen LogP contribution is 2.47. The summed E-state index contributed by atoms with van der Waals surface area (Å²) in [4.78, 5) is 11.5. The van der Waals surface area contributed by atoms with Gasteiger partial charge in [0.1, 0.15) is 0 Å². The van der Waals surface area contributed by atoms with Crippen molar-refractivity contribution in [2.45, 2.75) is 31.5 Å². The van der Waals surface area contributed by atoms with Gasteiger partial charge in [0.15, 0.2) is 0 Å². The number of fused-ring (bicyclic) bond motifs is 1. The van der Waals surface area contributed by atoms with Crippen LogP contribution in [-0.2, 0) is 14.3 Å². The number of hydrogen-bond donors (Lipinski definition) is 0. The van der Waals surface area contributed by atoms with Gasteiger partial charge < -0.3 is 9.47 Å². The van der Waals surface area contributed by atoms with E-state index < -0.39 is 30.1 Å². The summed E-state index contributed by atoms with van der Waals surface area (Å²) >= 11 is 0. The zero-order valence-corrected chi connectivity index (χ0v) is 9.50. The molecule has 0 aromatic carbocycles. The van der Waals surface area contributed by atoms with Gasteiger partial charge in [0.25, 0.3) is 0 Å². The smallest absolute Gasteiger partial charge is 0.391 e. The van der Waals surface area contributed by atoms with Gasteiger partial charge in [0.2, 0.25) is 0 Å². The third kappa shape index (κ3) is 2.41. The number of halogens is 3. The Balaban J connectivity index is 2.16. The topological polar surface area (TPSA) is 35.5 Å². The van der Waals surface area contributed by atoms with Crippen molar-refractivity contribution in [2.75, 3.05) is 13.7 Å². The van der Waals surface area contributed by atoms with Crippen LogP contribution in [0.3, 0.4) is 0 Å². The van der Waals surface area contributed by atoms with Crippen molar-refractivity contribution in [3.8, 4) is 0 Å². The minimum absolute atomic E-state index is 0.0261.